The SMILES string of the molecule is CNC(=O)c1cn(C2CCCCC2)cc(C(=O)NC(c2ccco2)C(F)(F)F)c1=O. The van der Waals surface area contributed by atoms with Crippen molar-refractivity contribution in [3.05, 3.63) is 57.9 Å². The highest BCUT2D eigenvalue weighted by Crippen LogP contribution is 2.33. The van der Waals surface area contributed by atoms with Gasteiger partial charge in [0.1, 0.15) is 16.9 Å². The summed E-state index contributed by atoms with van der Waals surface area (Å²) in [6.07, 6.45) is 3.34. The zero-order valence-corrected chi connectivity index (χ0v) is 16.3. The number of hydrogen-bond donors (Lipinski definition) is 2. The maximum Gasteiger partial charge on any atom is 0.415 e. The lowest BCUT2D eigenvalue weighted by Crippen LogP contribution is -2.41. The van der Waals surface area contributed by atoms with Gasteiger partial charge in [-0.3, -0.25) is 14.4 Å². The van der Waals surface area contributed by atoms with E-state index in [2.05, 4.69) is 5.32 Å². The summed E-state index contributed by atoms with van der Waals surface area (Å²) in [4.78, 5) is 37.6. The summed E-state index contributed by atoms with van der Waals surface area (Å²) in [5.41, 5.74) is -1.75. The Morgan fingerprint density at radius 3 is 2.30 bits per heavy atom. The monoisotopic (exact) mass is 425 g/mol. The Kier molecular flexibility index (Phi) is 6.33. The second kappa shape index (κ2) is 8.76. The molecule has 1 aliphatic rings. The highest BCUT2D eigenvalue weighted by Gasteiger charge is 2.44. The van der Waals surface area contributed by atoms with Gasteiger partial charge >= 0.3 is 6.18 Å². The number of halogens is 3. The second-order valence-corrected chi connectivity index (χ2v) is 7.20. The fourth-order valence-corrected chi connectivity index (χ4v) is 3.62. The van der Waals surface area contributed by atoms with Crippen LogP contribution < -0.4 is 16.1 Å². The first-order chi connectivity index (χ1) is 14.2. The summed E-state index contributed by atoms with van der Waals surface area (Å²) < 4.78 is 46.8. The smallest absolute Gasteiger partial charge is 0.415 e. The van der Waals surface area contributed by atoms with Crippen LogP contribution in [0.2, 0.25) is 0 Å². The Morgan fingerprint density at radius 2 is 1.77 bits per heavy atom. The maximum atomic E-state index is 13.5. The van der Waals surface area contributed by atoms with E-state index < -0.39 is 40.8 Å². The summed E-state index contributed by atoms with van der Waals surface area (Å²) in [7, 11) is 1.33. The van der Waals surface area contributed by atoms with Gasteiger partial charge in [0, 0.05) is 25.5 Å². The molecule has 0 bridgehead atoms. The first kappa shape index (κ1) is 21.7. The number of carbonyl (C=O) groups excluding carboxylic acids is 2. The van der Waals surface area contributed by atoms with Crippen molar-refractivity contribution >= 4 is 11.8 Å². The van der Waals surface area contributed by atoms with Crippen molar-refractivity contribution in [3.63, 3.8) is 0 Å². The average Bonchev–Trinajstić information content (AvgIpc) is 3.25. The molecule has 0 aromatic carbocycles. The Bertz CT molecular complexity index is 961. The summed E-state index contributed by atoms with van der Waals surface area (Å²) in [5, 5.41) is 4.15. The predicted octanol–water partition coefficient (Wildman–Crippen LogP) is 3.34. The van der Waals surface area contributed by atoms with Crippen molar-refractivity contribution < 1.29 is 27.2 Å². The highest BCUT2D eigenvalue weighted by atomic mass is 19.4. The normalized spacial score (nSPS) is 16.1. The molecule has 3 rings (SSSR count). The molecule has 1 fully saturated rings. The molecule has 1 unspecified atom stereocenters. The number of aromatic nitrogens is 1. The lowest BCUT2D eigenvalue weighted by atomic mass is 9.95. The number of furan rings is 1. The number of alkyl halides is 3. The van der Waals surface area contributed by atoms with E-state index in [0.717, 1.165) is 44.4 Å². The highest BCUT2D eigenvalue weighted by molar-refractivity contribution is 5.99. The topological polar surface area (TPSA) is 93.3 Å². The van der Waals surface area contributed by atoms with Crippen LogP contribution in [-0.4, -0.2) is 29.6 Å². The van der Waals surface area contributed by atoms with Crippen LogP contribution in [0.4, 0.5) is 13.2 Å². The molecule has 2 aromatic heterocycles. The molecule has 2 amide bonds. The minimum atomic E-state index is -4.84. The van der Waals surface area contributed by atoms with Gasteiger partial charge in [-0.25, -0.2) is 0 Å². The van der Waals surface area contributed by atoms with E-state index >= 15 is 0 Å². The number of amides is 2. The molecular weight excluding hydrogens is 403 g/mol. The van der Waals surface area contributed by atoms with Crippen LogP contribution >= 0.6 is 0 Å². The Morgan fingerprint density at radius 1 is 1.13 bits per heavy atom. The van der Waals surface area contributed by atoms with Crippen LogP contribution in [-0.2, 0) is 0 Å². The first-order valence-corrected chi connectivity index (χ1v) is 9.61. The van der Waals surface area contributed by atoms with Crippen molar-refractivity contribution in [1.29, 1.82) is 0 Å². The van der Waals surface area contributed by atoms with Gasteiger partial charge in [-0.05, 0) is 25.0 Å². The van der Waals surface area contributed by atoms with E-state index in [0.29, 0.717) is 0 Å². The molecule has 30 heavy (non-hydrogen) atoms. The molecule has 2 N–H and O–H groups in total. The van der Waals surface area contributed by atoms with Crippen molar-refractivity contribution in [2.75, 3.05) is 7.05 Å². The van der Waals surface area contributed by atoms with E-state index in [9.17, 15) is 27.6 Å². The van der Waals surface area contributed by atoms with Crippen molar-refractivity contribution in [2.24, 2.45) is 0 Å². The summed E-state index contributed by atoms with van der Waals surface area (Å²) in [6.45, 7) is 0. The number of hydrogen-bond acceptors (Lipinski definition) is 4. The van der Waals surface area contributed by atoms with E-state index in [1.165, 1.54) is 25.5 Å². The van der Waals surface area contributed by atoms with Gasteiger partial charge < -0.3 is 19.6 Å². The minimum Gasteiger partial charge on any atom is -0.467 e. The Hall–Kier alpha value is -3.04. The second-order valence-electron chi connectivity index (χ2n) is 7.20. The molecule has 1 saturated carbocycles. The van der Waals surface area contributed by atoms with Crippen LogP contribution in [0.25, 0.3) is 0 Å². The fourth-order valence-electron chi connectivity index (χ4n) is 3.62. The number of pyridine rings is 1. The fraction of sp³-hybridized carbons (Fsp3) is 0.450. The predicted molar refractivity (Wildman–Crippen MR) is 101 cm³/mol. The molecule has 162 valence electrons. The van der Waals surface area contributed by atoms with Crippen LogP contribution in [0.3, 0.4) is 0 Å². The molecule has 1 aliphatic carbocycles. The van der Waals surface area contributed by atoms with Crippen molar-refractivity contribution in [2.45, 2.75) is 50.4 Å². The zero-order chi connectivity index (χ0) is 21.9. The lowest BCUT2D eigenvalue weighted by molar-refractivity contribution is -0.159. The van der Waals surface area contributed by atoms with E-state index in [4.69, 9.17) is 4.42 Å². The first-order valence-electron chi connectivity index (χ1n) is 9.61. The minimum absolute atomic E-state index is 0.0437. The number of nitrogens with one attached hydrogen (secondary N) is 2. The molecule has 0 spiro atoms. The molecule has 0 radical (unpaired) electrons. The van der Waals surface area contributed by atoms with Crippen LogP contribution in [0.15, 0.2) is 40.0 Å². The number of nitrogens with zero attached hydrogens (tertiary/aromatic N) is 1. The number of rotatable bonds is 5. The van der Waals surface area contributed by atoms with Gasteiger partial charge in [0.05, 0.1) is 6.26 Å². The van der Waals surface area contributed by atoms with Gasteiger partial charge in [0.25, 0.3) is 11.8 Å². The van der Waals surface area contributed by atoms with Gasteiger partial charge in [-0.2, -0.15) is 13.2 Å². The van der Waals surface area contributed by atoms with Gasteiger partial charge in [-0.1, -0.05) is 19.3 Å². The molecular formula is C20H22F3N3O4. The van der Waals surface area contributed by atoms with E-state index in [-0.39, 0.29) is 11.6 Å². The van der Waals surface area contributed by atoms with E-state index in [1.807, 2.05) is 5.32 Å². The molecule has 2 aromatic rings. The quantitative estimate of drug-likeness (QED) is 0.769. The van der Waals surface area contributed by atoms with Gasteiger partial charge in [0.2, 0.25) is 5.43 Å². The third-order valence-electron chi connectivity index (χ3n) is 5.19. The van der Waals surface area contributed by atoms with Crippen molar-refractivity contribution in [1.82, 2.24) is 15.2 Å². The molecule has 1 atom stereocenters. The maximum absolute atomic E-state index is 13.5. The average molecular weight is 425 g/mol. The number of carbonyl (C=O) groups is 2. The molecule has 0 saturated heterocycles. The lowest BCUT2D eigenvalue weighted by Gasteiger charge is -2.26. The van der Waals surface area contributed by atoms with Crippen LogP contribution in [0.5, 0.6) is 0 Å². The zero-order valence-electron chi connectivity index (χ0n) is 16.3. The van der Waals surface area contributed by atoms with Crippen LogP contribution in [0.1, 0.15) is 70.7 Å². The molecule has 10 heteroatoms. The van der Waals surface area contributed by atoms with Gasteiger partial charge in [-0.15, -0.1) is 0 Å². The van der Waals surface area contributed by atoms with E-state index in [1.54, 1.807) is 4.57 Å². The standard InChI is InChI=1S/C20H22F3N3O4/c1-24-18(28)13-10-26(12-6-3-2-4-7-12)11-14(16(13)27)19(29)25-17(20(21,22)23)15-8-5-9-30-15/h5,8-12,17H,2-4,6-7H2,1H3,(H,24,28)(H,25,29). The molecule has 7 nitrogen and oxygen atoms in total. The third-order valence-corrected chi connectivity index (χ3v) is 5.19. The largest absolute Gasteiger partial charge is 0.467 e. The van der Waals surface area contributed by atoms with Gasteiger partial charge in [0.15, 0.2) is 6.04 Å². The Labute approximate surface area is 170 Å². The van der Waals surface area contributed by atoms with Crippen LogP contribution in [0, 0.1) is 0 Å². The summed E-state index contributed by atoms with van der Waals surface area (Å²) in [5.74, 6) is -2.45. The molecule has 0 aliphatic heterocycles. The third kappa shape index (κ3) is 4.58. The summed E-state index contributed by atoms with van der Waals surface area (Å²) in [6, 6.07) is -0.119. The van der Waals surface area contributed by atoms with Crippen molar-refractivity contribution in [3.8, 4) is 0 Å². The molecule has 2 heterocycles. The Balaban J connectivity index is 2.01. The summed E-state index contributed by atoms with van der Waals surface area (Å²) >= 11 is 0.